The van der Waals surface area contributed by atoms with Crippen LogP contribution in [0.25, 0.3) is 0 Å². The highest BCUT2D eigenvalue weighted by molar-refractivity contribution is 5.79. The highest BCUT2D eigenvalue weighted by Gasteiger charge is 2.03. The monoisotopic (exact) mass is 358 g/mol. The second-order valence-corrected chi connectivity index (χ2v) is 5.97. The average molecular weight is 358 g/mol. The van der Waals surface area contributed by atoms with Crippen molar-refractivity contribution in [1.29, 1.82) is 0 Å². The molecular weight excluding hydrogens is 328 g/mol. The first-order valence-corrected chi connectivity index (χ1v) is 9.29. The Morgan fingerprint density at radius 2 is 2.08 bits per heavy atom. The molecule has 0 saturated heterocycles. The molecule has 0 unspecified atom stereocenters. The number of rotatable bonds is 10. The van der Waals surface area contributed by atoms with Crippen LogP contribution < -0.4 is 15.4 Å². The van der Waals surface area contributed by atoms with E-state index in [1.165, 1.54) is 5.56 Å². The lowest BCUT2D eigenvalue weighted by Gasteiger charge is -2.13. The summed E-state index contributed by atoms with van der Waals surface area (Å²) >= 11 is 0. The Morgan fingerprint density at radius 3 is 2.85 bits per heavy atom. The van der Waals surface area contributed by atoms with Crippen molar-refractivity contribution in [2.75, 3.05) is 26.7 Å². The summed E-state index contributed by atoms with van der Waals surface area (Å²) in [5, 5.41) is 14.7. The average Bonchev–Trinajstić information content (AvgIpc) is 3.13. The van der Waals surface area contributed by atoms with Crippen molar-refractivity contribution in [3.8, 4) is 5.75 Å². The van der Waals surface area contributed by atoms with E-state index in [0.29, 0.717) is 0 Å². The van der Waals surface area contributed by atoms with E-state index in [1.807, 2.05) is 12.1 Å². The van der Waals surface area contributed by atoms with Crippen molar-refractivity contribution >= 4 is 5.96 Å². The van der Waals surface area contributed by atoms with E-state index in [4.69, 9.17) is 4.74 Å². The van der Waals surface area contributed by atoms with Crippen LogP contribution in [-0.4, -0.2) is 47.5 Å². The molecule has 7 heteroatoms. The second-order valence-electron chi connectivity index (χ2n) is 5.97. The molecule has 2 N–H and O–H groups in total. The highest BCUT2D eigenvalue weighted by atomic mass is 16.5. The van der Waals surface area contributed by atoms with Gasteiger partial charge in [0.1, 0.15) is 17.9 Å². The Kier molecular flexibility index (Phi) is 8.45. The highest BCUT2D eigenvalue weighted by Crippen LogP contribution is 2.13. The van der Waals surface area contributed by atoms with Gasteiger partial charge in [-0.2, -0.15) is 0 Å². The lowest BCUT2D eigenvalue weighted by Crippen LogP contribution is -2.39. The summed E-state index contributed by atoms with van der Waals surface area (Å²) in [7, 11) is 1.78. The Hall–Kier alpha value is -2.57. The molecule has 0 fully saturated rings. The molecule has 0 aliphatic carbocycles. The first-order valence-electron chi connectivity index (χ1n) is 9.29. The van der Waals surface area contributed by atoms with Crippen molar-refractivity contribution in [3.05, 3.63) is 42.0 Å². The van der Waals surface area contributed by atoms with Gasteiger partial charge in [-0.15, -0.1) is 10.2 Å². The maximum absolute atomic E-state index is 5.68. The summed E-state index contributed by atoms with van der Waals surface area (Å²) in [6, 6.07) is 8.27. The summed E-state index contributed by atoms with van der Waals surface area (Å²) in [5.74, 6) is 2.74. The van der Waals surface area contributed by atoms with Crippen molar-refractivity contribution in [3.63, 3.8) is 0 Å². The Labute approximate surface area is 155 Å². The quantitative estimate of drug-likeness (QED) is 0.502. The van der Waals surface area contributed by atoms with E-state index < -0.39 is 0 Å². The van der Waals surface area contributed by atoms with Crippen LogP contribution in [0.5, 0.6) is 5.75 Å². The minimum Gasteiger partial charge on any atom is -0.494 e. The van der Waals surface area contributed by atoms with Crippen LogP contribution in [0.1, 0.15) is 31.7 Å². The van der Waals surface area contributed by atoms with Crippen LogP contribution in [0.4, 0.5) is 0 Å². The van der Waals surface area contributed by atoms with Crippen LogP contribution >= 0.6 is 0 Å². The predicted molar refractivity (Wildman–Crippen MR) is 105 cm³/mol. The van der Waals surface area contributed by atoms with Crippen LogP contribution in [0.3, 0.4) is 0 Å². The molecule has 0 aliphatic rings. The summed E-state index contributed by atoms with van der Waals surface area (Å²) in [4.78, 5) is 4.27. The molecule has 1 heterocycles. The number of aryl methyl sites for hydroxylation is 1. The summed E-state index contributed by atoms with van der Waals surface area (Å²) in [6.07, 6.45) is 4.58. The van der Waals surface area contributed by atoms with Gasteiger partial charge in [0.25, 0.3) is 0 Å². The number of guanidine groups is 1. The maximum Gasteiger partial charge on any atom is 0.191 e. The third kappa shape index (κ3) is 6.38. The van der Waals surface area contributed by atoms with Gasteiger partial charge in [-0.05, 0) is 30.5 Å². The van der Waals surface area contributed by atoms with Gasteiger partial charge in [0.2, 0.25) is 0 Å². The number of ether oxygens (including phenoxy) is 1. The third-order valence-corrected chi connectivity index (χ3v) is 3.96. The number of aliphatic imine (C=N–C) groups is 1. The Morgan fingerprint density at radius 1 is 1.23 bits per heavy atom. The zero-order chi connectivity index (χ0) is 18.6. The molecule has 1 aromatic carbocycles. The predicted octanol–water partition coefficient (Wildman–Crippen LogP) is 2.04. The molecule has 2 aromatic rings. The van der Waals surface area contributed by atoms with Gasteiger partial charge in [0, 0.05) is 33.1 Å². The first kappa shape index (κ1) is 19.8. The molecule has 1 aromatic heterocycles. The van der Waals surface area contributed by atoms with Crippen molar-refractivity contribution < 1.29 is 4.74 Å². The largest absolute Gasteiger partial charge is 0.494 e. The first-order chi connectivity index (χ1) is 12.8. The summed E-state index contributed by atoms with van der Waals surface area (Å²) in [5.41, 5.74) is 1.25. The van der Waals surface area contributed by atoms with Gasteiger partial charge in [-0.1, -0.05) is 26.0 Å². The normalized spacial score (nSPS) is 11.4. The van der Waals surface area contributed by atoms with E-state index in [9.17, 15) is 0 Å². The Bertz CT molecular complexity index is 682. The molecule has 0 atom stereocenters. The molecular formula is C19H30N6O. The molecule has 2 rings (SSSR count). The van der Waals surface area contributed by atoms with Crippen molar-refractivity contribution in [1.82, 2.24) is 25.4 Å². The minimum atomic E-state index is 0.754. The van der Waals surface area contributed by atoms with Crippen LogP contribution in [0, 0.1) is 0 Å². The zero-order valence-electron chi connectivity index (χ0n) is 16.0. The van der Waals surface area contributed by atoms with Crippen LogP contribution in [0.15, 0.2) is 35.6 Å². The molecule has 0 spiro atoms. The van der Waals surface area contributed by atoms with E-state index in [-0.39, 0.29) is 0 Å². The Balaban J connectivity index is 1.72. The minimum absolute atomic E-state index is 0.754. The molecule has 7 nitrogen and oxygen atoms in total. The van der Waals surface area contributed by atoms with Crippen molar-refractivity contribution in [2.24, 2.45) is 4.99 Å². The fourth-order valence-electron chi connectivity index (χ4n) is 2.59. The smallest absolute Gasteiger partial charge is 0.191 e. The van der Waals surface area contributed by atoms with Crippen LogP contribution in [0.2, 0.25) is 0 Å². The molecule has 0 amide bonds. The van der Waals surface area contributed by atoms with Gasteiger partial charge in [-0.25, -0.2) is 0 Å². The fourth-order valence-corrected chi connectivity index (χ4v) is 2.59. The molecule has 0 aliphatic heterocycles. The maximum atomic E-state index is 5.68. The lowest BCUT2D eigenvalue weighted by molar-refractivity contribution is 0.317. The van der Waals surface area contributed by atoms with E-state index >= 15 is 0 Å². The van der Waals surface area contributed by atoms with E-state index in [0.717, 1.165) is 63.0 Å². The standard InChI is InChI=1S/C19H30N6O/c1-4-13-26-17-8-6-7-16(14-17)9-10-21-19(20-3)22-11-12-25-15-23-24-18(25)5-2/h6-8,14-15H,4-5,9-13H2,1-3H3,(H2,20,21,22). The fraction of sp³-hybridized carbons (Fsp3) is 0.526. The van der Waals surface area contributed by atoms with Gasteiger partial charge in [0.15, 0.2) is 5.96 Å². The van der Waals surface area contributed by atoms with E-state index in [1.54, 1.807) is 13.4 Å². The molecule has 142 valence electrons. The van der Waals surface area contributed by atoms with Crippen molar-refractivity contribution in [2.45, 2.75) is 39.7 Å². The molecule has 26 heavy (non-hydrogen) atoms. The number of hydrogen-bond donors (Lipinski definition) is 2. The molecule has 0 radical (unpaired) electrons. The molecule has 0 bridgehead atoms. The second kappa shape index (κ2) is 11.1. The molecule has 0 saturated carbocycles. The number of nitrogens with zero attached hydrogens (tertiary/aromatic N) is 4. The topological polar surface area (TPSA) is 76.4 Å². The summed E-state index contributed by atoms with van der Waals surface area (Å²) in [6.45, 7) is 7.34. The van der Waals surface area contributed by atoms with E-state index in [2.05, 4.69) is 56.4 Å². The lowest BCUT2D eigenvalue weighted by atomic mass is 10.1. The van der Waals surface area contributed by atoms with Gasteiger partial charge in [0.05, 0.1) is 6.61 Å². The van der Waals surface area contributed by atoms with Gasteiger partial charge in [-0.3, -0.25) is 4.99 Å². The summed E-state index contributed by atoms with van der Waals surface area (Å²) < 4.78 is 7.74. The SMILES string of the molecule is CCCOc1cccc(CCNC(=NC)NCCn2cnnc2CC)c1. The van der Waals surface area contributed by atoms with Gasteiger partial charge >= 0.3 is 0 Å². The van der Waals surface area contributed by atoms with Crippen LogP contribution in [-0.2, 0) is 19.4 Å². The number of aromatic nitrogens is 3. The number of hydrogen-bond acceptors (Lipinski definition) is 4. The zero-order valence-corrected chi connectivity index (χ0v) is 16.0. The number of benzene rings is 1. The third-order valence-electron chi connectivity index (χ3n) is 3.96. The van der Waals surface area contributed by atoms with Gasteiger partial charge < -0.3 is 19.9 Å². The number of nitrogens with one attached hydrogen (secondary N) is 2.